The summed E-state index contributed by atoms with van der Waals surface area (Å²) in [4.78, 5) is 30.4. The molecule has 2 amide bonds. The zero-order valence-corrected chi connectivity index (χ0v) is 22.9. The summed E-state index contributed by atoms with van der Waals surface area (Å²) in [6, 6.07) is 16.8. The largest absolute Gasteiger partial charge is 0.497 e. The lowest BCUT2D eigenvalue weighted by Gasteiger charge is -2.15. The third-order valence-electron chi connectivity index (χ3n) is 6.02. The van der Waals surface area contributed by atoms with Crippen LogP contribution in [0, 0.1) is 19.7 Å². The Hall–Kier alpha value is -4.31. The summed E-state index contributed by atoms with van der Waals surface area (Å²) in [6.07, 6.45) is 1.61. The molecule has 0 aliphatic heterocycles. The molecule has 3 aromatic carbocycles. The number of nitrogens with one attached hydrogen (secondary N) is 2. The molecule has 4 aromatic rings. The van der Waals surface area contributed by atoms with Gasteiger partial charge in [0.25, 0.3) is 0 Å². The number of carbonyl (C=O) groups excluding carboxylic acids is 2. The maximum absolute atomic E-state index is 13.6. The van der Waals surface area contributed by atoms with E-state index in [1.807, 2.05) is 32.0 Å². The molecule has 4 rings (SSSR count). The van der Waals surface area contributed by atoms with Crippen LogP contribution in [0.2, 0.25) is 0 Å². The normalized spacial score (nSPS) is 10.7. The van der Waals surface area contributed by atoms with Crippen LogP contribution in [-0.4, -0.2) is 41.3 Å². The van der Waals surface area contributed by atoms with Crippen molar-refractivity contribution in [3.05, 3.63) is 83.8 Å². The van der Waals surface area contributed by atoms with Gasteiger partial charge >= 0.3 is 0 Å². The second kappa shape index (κ2) is 12.5. The quantitative estimate of drug-likeness (QED) is 0.247. The lowest BCUT2D eigenvalue weighted by Crippen LogP contribution is -2.21. The molecule has 0 atom stereocenters. The molecule has 0 saturated carbocycles. The van der Waals surface area contributed by atoms with Crippen LogP contribution < -0.4 is 20.1 Å². The number of ether oxygens (including phenoxy) is 2. The number of hydrogen-bond donors (Lipinski definition) is 2. The minimum absolute atomic E-state index is 0.0849. The molecule has 202 valence electrons. The zero-order chi connectivity index (χ0) is 27.9. The van der Waals surface area contributed by atoms with Gasteiger partial charge in [-0.1, -0.05) is 30.0 Å². The van der Waals surface area contributed by atoms with Crippen LogP contribution in [0.4, 0.5) is 15.8 Å². The minimum atomic E-state index is -0.369. The Bertz CT molecular complexity index is 1470. The molecule has 1 aromatic heterocycles. The van der Waals surface area contributed by atoms with Crippen LogP contribution in [-0.2, 0) is 16.1 Å². The first-order chi connectivity index (χ1) is 18.8. The monoisotopic (exact) mass is 548 g/mol. The number of aromatic nitrogens is 2. The molecule has 39 heavy (non-hydrogen) atoms. The van der Waals surface area contributed by atoms with Crippen LogP contribution >= 0.6 is 11.8 Å². The van der Waals surface area contributed by atoms with Crippen molar-refractivity contribution in [1.29, 1.82) is 0 Å². The van der Waals surface area contributed by atoms with Crippen molar-refractivity contribution in [3.8, 4) is 22.8 Å². The number of rotatable bonds is 10. The smallest absolute Gasteiger partial charge is 0.244 e. The van der Waals surface area contributed by atoms with Gasteiger partial charge < -0.3 is 24.7 Å². The van der Waals surface area contributed by atoms with Gasteiger partial charge in [0.15, 0.2) is 5.16 Å². The fraction of sp³-hybridized carbons (Fsp3) is 0.207. The predicted octanol–water partition coefficient (Wildman–Crippen LogP) is 5.69. The Labute approximate surface area is 230 Å². The maximum atomic E-state index is 13.6. The van der Waals surface area contributed by atoms with Gasteiger partial charge in [0, 0.05) is 11.8 Å². The van der Waals surface area contributed by atoms with Gasteiger partial charge in [-0.05, 0) is 66.9 Å². The van der Waals surface area contributed by atoms with E-state index in [0.29, 0.717) is 33.6 Å². The van der Waals surface area contributed by atoms with Crippen molar-refractivity contribution in [1.82, 2.24) is 9.55 Å². The number of methoxy groups -OCH3 is 2. The molecule has 0 saturated heterocycles. The van der Waals surface area contributed by atoms with Gasteiger partial charge in [-0.15, -0.1) is 0 Å². The van der Waals surface area contributed by atoms with E-state index in [1.54, 1.807) is 48.2 Å². The van der Waals surface area contributed by atoms with Crippen molar-refractivity contribution < 1.29 is 23.5 Å². The van der Waals surface area contributed by atoms with Crippen molar-refractivity contribution >= 4 is 35.0 Å². The molecule has 0 aliphatic rings. The summed E-state index contributed by atoms with van der Waals surface area (Å²) in [5, 5.41) is 6.30. The van der Waals surface area contributed by atoms with Crippen molar-refractivity contribution in [2.45, 2.75) is 25.5 Å². The molecule has 0 aliphatic carbocycles. The van der Waals surface area contributed by atoms with Crippen molar-refractivity contribution in [2.75, 3.05) is 30.6 Å². The third-order valence-corrected chi connectivity index (χ3v) is 7.01. The third kappa shape index (κ3) is 6.77. The number of thioether (sulfide) groups is 1. The van der Waals surface area contributed by atoms with Crippen molar-refractivity contribution in [3.63, 3.8) is 0 Å². The zero-order valence-electron chi connectivity index (χ0n) is 22.1. The van der Waals surface area contributed by atoms with E-state index >= 15 is 0 Å². The molecule has 1 heterocycles. The number of imidazole rings is 1. The number of benzene rings is 3. The topological polar surface area (TPSA) is 94.5 Å². The molecule has 2 N–H and O–H groups in total. The van der Waals surface area contributed by atoms with E-state index in [4.69, 9.17) is 9.47 Å². The van der Waals surface area contributed by atoms with Gasteiger partial charge in [0.1, 0.15) is 23.9 Å². The minimum Gasteiger partial charge on any atom is -0.497 e. The highest BCUT2D eigenvalue weighted by Crippen LogP contribution is 2.30. The Morgan fingerprint density at radius 3 is 2.33 bits per heavy atom. The van der Waals surface area contributed by atoms with Gasteiger partial charge in [-0.2, -0.15) is 0 Å². The number of amides is 2. The summed E-state index contributed by atoms with van der Waals surface area (Å²) in [6.45, 7) is 3.78. The average molecular weight is 549 g/mol. The van der Waals surface area contributed by atoms with Gasteiger partial charge in [-0.25, -0.2) is 9.37 Å². The number of aryl methyl sites for hydroxylation is 2. The fourth-order valence-electron chi connectivity index (χ4n) is 4.03. The molecule has 0 radical (unpaired) electrons. The molecule has 0 bridgehead atoms. The number of para-hydroxylation sites is 1. The van der Waals surface area contributed by atoms with Gasteiger partial charge in [0.2, 0.25) is 11.8 Å². The van der Waals surface area contributed by atoms with Gasteiger partial charge in [-0.3, -0.25) is 9.59 Å². The van der Waals surface area contributed by atoms with Crippen LogP contribution in [0.5, 0.6) is 11.5 Å². The second-order valence-corrected chi connectivity index (χ2v) is 9.68. The summed E-state index contributed by atoms with van der Waals surface area (Å²) in [5.74, 6) is 0.235. The Morgan fingerprint density at radius 2 is 1.67 bits per heavy atom. The summed E-state index contributed by atoms with van der Waals surface area (Å²) >= 11 is 1.21. The lowest BCUT2D eigenvalue weighted by atomic mass is 10.1. The summed E-state index contributed by atoms with van der Waals surface area (Å²) < 4.78 is 25.9. The number of carbonyl (C=O) groups is 2. The highest BCUT2D eigenvalue weighted by Gasteiger charge is 2.18. The van der Waals surface area contributed by atoms with E-state index in [0.717, 1.165) is 16.8 Å². The van der Waals surface area contributed by atoms with Crippen LogP contribution in [0.25, 0.3) is 11.3 Å². The van der Waals surface area contributed by atoms with Crippen LogP contribution in [0.3, 0.4) is 0 Å². The number of halogens is 1. The first-order valence-corrected chi connectivity index (χ1v) is 13.1. The Morgan fingerprint density at radius 1 is 0.949 bits per heavy atom. The van der Waals surface area contributed by atoms with E-state index < -0.39 is 0 Å². The molecule has 0 fully saturated rings. The maximum Gasteiger partial charge on any atom is 0.244 e. The number of anilines is 2. The first-order valence-electron chi connectivity index (χ1n) is 12.1. The summed E-state index contributed by atoms with van der Waals surface area (Å²) in [7, 11) is 3.05. The van der Waals surface area contributed by atoms with Crippen LogP contribution in [0.15, 0.2) is 72.0 Å². The first kappa shape index (κ1) is 27.7. The average Bonchev–Trinajstić information content (AvgIpc) is 3.32. The fourth-order valence-corrected chi connectivity index (χ4v) is 4.81. The number of hydrogen-bond acceptors (Lipinski definition) is 6. The highest BCUT2D eigenvalue weighted by molar-refractivity contribution is 7.99. The predicted molar refractivity (Wildman–Crippen MR) is 151 cm³/mol. The second-order valence-electron chi connectivity index (χ2n) is 8.74. The van der Waals surface area contributed by atoms with E-state index in [1.165, 1.54) is 31.0 Å². The molecule has 8 nitrogen and oxygen atoms in total. The van der Waals surface area contributed by atoms with Crippen LogP contribution in [0.1, 0.15) is 11.1 Å². The van der Waals surface area contributed by atoms with E-state index in [-0.39, 0.29) is 29.9 Å². The Kier molecular flexibility index (Phi) is 8.88. The number of nitrogens with zero attached hydrogens (tertiary/aromatic N) is 2. The molecular formula is C29H29FN4O4S. The van der Waals surface area contributed by atoms with Gasteiger partial charge in [0.05, 0.1) is 37.6 Å². The molecule has 0 spiro atoms. The molecular weight excluding hydrogens is 519 g/mol. The van der Waals surface area contributed by atoms with Crippen molar-refractivity contribution in [2.24, 2.45) is 0 Å². The molecule has 0 unspecified atom stereocenters. The van der Waals surface area contributed by atoms with E-state index in [2.05, 4.69) is 15.6 Å². The standard InChI is InChI=1S/C29H29FN4O4S/c1-18-6-5-7-19(2)28(18)33-27(36)17-39-29-31-15-24(20-8-10-21(30)11-9-20)34(29)16-26(35)32-23-13-12-22(37-3)14-25(23)38-4/h5-15H,16-17H2,1-4H3,(H,32,35)(H,33,36). The lowest BCUT2D eigenvalue weighted by molar-refractivity contribution is -0.117. The SMILES string of the molecule is COc1ccc(NC(=O)Cn2c(-c3ccc(F)cc3)cnc2SCC(=O)Nc2c(C)cccc2C)c(OC)c1. The molecule has 10 heteroatoms. The highest BCUT2D eigenvalue weighted by atomic mass is 32.2. The van der Waals surface area contributed by atoms with E-state index in [9.17, 15) is 14.0 Å². The summed E-state index contributed by atoms with van der Waals surface area (Å²) in [5.41, 5.74) is 4.51. The Balaban J connectivity index is 1.55.